The molecule has 0 aromatic carbocycles. The Balaban J connectivity index is 2.76. The molecule has 0 bridgehead atoms. The molecule has 2 rings (SSSR count). The number of rotatable bonds is 8. The summed E-state index contributed by atoms with van der Waals surface area (Å²) in [5, 5.41) is 23.5. The van der Waals surface area contributed by atoms with Crippen molar-refractivity contribution in [1.82, 2.24) is 0 Å². The van der Waals surface area contributed by atoms with Crippen LogP contribution in [0.15, 0.2) is 0 Å². The number of ether oxygens (including phenoxy) is 8. The molecule has 0 unspecified atom stereocenters. The zero-order valence-corrected chi connectivity index (χ0v) is 21.5. The molecule has 38 heavy (non-hydrogen) atoms. The van der Waals surface area contributed by atoms with E-state index in [1.807, 2.05) is 0 Å². The number of fused-ring (bicyclic) bond motifs is 1. The van der Waals surface area contributed by atoms with Crippen molar-refractivity contribution in [1.29, 1.82) is 0 Å². The highest BCUT2D eigenvalue weighted by atomic mass is 16.8. The third-order valence-electron chi connectivity index (χ3n) is 5.37. The SMILES string of the molecule is CC(=O)OC[C@@H]1O[C@]2(O)[C@@H](OC(C)=O)[C@H](OC(C)=O)[C@@H](COC(C)=O)O[C@@]2(O)[C@H](OC(C)=O)[C@H]1OC(C)=O. The van der Waals surface area contributed by atoms with Crippen LogP contribution in [0.3, 0.4) is 0 Å². The first-order valence-corrected chi connectivity index (χ1v) is 11.3. The van der Waals surface area contributed by atoms with E-state index < -0.39 is 97.2 Å². The summed E-state index contributed by atoms with van der Waals surface area (Å²) in [6, 6.07) is 0. The molecule has 2 heterocycles. The van der Waals surface area contributed by atoms with Crippen molar-refractivity contribution in [2.45, 2.75) is 89.7 Å². The van der Waals surface area contributed by atoms with Gasteiger partial charge in [-0.1, -0.05) is 0 Å². The average Bonchev–Trinajstić information content (AvgIpc) is 2.76. The van der Waals surface area contributed by atoms with Gasteiger partial charge in [0, 0.05) is 41.5 Å². The van der Waals surface area contributed by atoms with Crippen molar-refractivity contribution in [3.8, 4) is 0 Å². The number of esters is 6. The molecule has 2 aliphatic rings. The maximum absolute atomic E-state index is 12.0. The van der Waals surface area contributed by atoms with Crippen molar-refractivity contribution >= 4 is 35.8 Å². The first-order valence-electron chi connectivity index (χ1n) is 11.3. The van der Waals surface area contributed by atoms with Gasteiger partial charge >= 0.3 is 35.8 Å². The van der Waals surface area contributed by atoms with Crippen LogP contribution in [0.4, 0.5) is 0 Å². The van der Waals surface area contributed by atoms with Gasteiger partial charge in [-0.25, -0.2) is 0 Å². The largest absolute Gasteiger partial charge is 0.463 e. The van der Waals surface area contributed by atoms with Gasteiger partial charge in [-0.05, 0) is 0 Å². The van der Waals surface area contributed by atoms with E-state index in [1.54, 1.807) is 0 Å². The summed E-state index contributed by atoms with van der Waals surface area (Å²) < 4.78 is 41.8. The third-order valence-corrected chi connectivity index (χ3v) is 5.37. The quantitative estimate of drug-likeness (QED) is 0.247. The molecule has 2 N–H and O–H groups in total. The van der Waals surface area contributed by atoms with Gasteiger partial charge in [0.2, 0.25) is 12.2 Å². The summed E-state index contributed by atoms with van der Waals surface area (Å²) in [7, 11) is 0. The van der Waals surface area contributed by atoms with E-state index in [0.29, 0.717) is 0 Å². The fourth-order valence-electron chi connectivity index (χ4n) is 4.11. The number of hydrogen-bond acceptors (Lipinski definition) is 16. The van der Waals surface area contributed by atoms with Crippen LogP contribution in [0.1, 0.15) is 41.5 Å². The number of carbonyl (C=O) groups excluding carboxylic acids is 6. The van der Waals surface area contributed by atoms with E-state index in [1.165, 1.54) is 0 Å². The van der Waals surface area contributed by atoms with Crippen LogP contribution in [-0.2, 0) is 66.7 Å². The Morgan fingerprint density at radius 2 is 0.842 bits per heavy atom. The minimum Gasteiger partial charge on any atom is -0.463 e. The molecule has 16 nitrogen and oxygen atoms in total. The molecule has 0 radical (unpaired) electrons. The third kappa shape index (κ3) is 6.75. The van der Waals surface area contributed by atoms with Crippen molar-refractivity contribution in [3.05, 3.63) is 0 Å². The normalized spacial score (nSPS) is 34.1. The topological polar surface area (TPSA) is 217 Å². The van der Waals surface area contributed by atoms with Gasteiger partial charge in [-0.15, -0.1) is 0 Å². The Morgan fingerprint density at radius 1 is 0.553 bits per heavy atom. The van der Waals surface area contributed by atoms with E-state index >= 15 is 0 Å². The van der Waals surface area contributed by atoms with Gasteiger partial charge in [0.1, 0.15) is 25.4 Å². The molecular formula is C22H30O16. The highest BCUT2D eigenvalue weighted by Gasteiger charge is 2.77. The van der Waals surface area contributed by atoms with Gasteiger partial charge in [0.05, 0.1) is 0 Å². The second-order valence-electron chi connectivity index (χ2n) is 8.52. The minimum absolute atomic E-state index is 0.717. The van der Waals surface area contributed by atoms with Crippen LogP contribution in [0.5, 0.6) is 0 Å². The Kier molecular flexibility index (Phi) is 9.77. The first kappa shape index (κ1) is 30.9. The summed E-state index contributed by atoms with van der Waals surface area (Å²) >= 11 is 0. The highest BCUT2D eigenvalue weighted by Crippen LogP contribution is 2.49. The predicted molar refractivity (Wildman–Crippen MR) is 115 cm³/mol. The van der Waals surface area contributed by atoms with Crippen LogP contribution < -0.4 is 0 Å². The predicted octanol–water partition coefficient (Wildman–Crippen LogP) is -1.99. The summed E-state index contributed by atoms with van der Waals surface area (Å²) in [4.78, 5) is 70.8. The molecule has 2 fully saturated rings. The standard InChI is InChI=1S/C22H30O16/c1-9(23)31-7-15-17(33-11(3)25)19(35-13(5)27)22(30)21(29,37-15)20(36-14(6)28)18(34-12(4)26)16(38-22)8-32-10(2)24/h15-20,29-30H,7-8H2,1-6H3/t15-,16+,17-,18+,19+,20-,21+,22-. The van der Waals surface area contributed by atoms with Crippen LogP contribution in [0.2, 0.25) is 0 Å². The summed E-state index contributed by atoms with van der Waals surface area (Å²) in [6.45, 7) is 4.45. The number of carbonyl (C=O) groups is 6. The second-order valence-corrected chi connectivity index (χ2v) is 8.52. The number of aliphatic hydroxyl groups is 2. The fourth-order valence-corrected chi connectivity index (χ4v) is 4.11. The van der Waals surface area contributed by atoms with Crippen molar-refractivity contribution in [2.24, 2.45) is 0 Å². The fraction of sp³-hybridized carbons (Fsp3) is 0.727. The molecule has 16 heteroatoms. The van der Waals surface area contributed by atoms with Gasteiger partial charge < -0.3 is 48.1 Å². The zero-order chi connectivity index (χ0) is 29.0. The minimum atomic E-state index is -3.22. The average molecular weight is 550 g/mol. The Hall–Kier alpha value is -3.34. The molecule has 214 valence electrons. The number of hydrogen-bond donors (Lipinski definition) is 2. The van der Waals surface area contributed by atoms with Crippen molar-refractivity contribution < 1.29 is 76.9 Å². The summed E-state index contributed by atoms with van der Waals surface area (Å²) in [6.07, 6.45) is -11.1. The molecule has 0 aromatic heterocycles. The van der Waals surface area contributed by atoms with Crippen LogP contribution in [0.25, 0.3) is 0 Å². The first-order chi connectivity index (χ1) is 17.5. The lowest BCUT2D eigenvalue weighted by Gasteiger charge is -2.59. The molecule has 0 aromatic rings. The molecule has 2 aliphatic heterocycles. The van der Waals surface area contributed by atoms with E-state index in [-0.39, 0.29) is 0 Å². The van der Waals surface area contributed by atoms with E-state index in [9.17, 15) is 39.0 Å². The smallest absolute Gasteiger partial charge is 0.303 e. The maximum Gasteiger partial charge on any atom is 0.303 e. The van der Waals surface area contributed by atoms with Crippen molar-refractivity contribution in [3.63, 3.8) is 0 Å². The Morgan fingerprint density at radius 3 is 1.08 bits per heavy atom. The summed E-state index contributed by atoms with van der Waals surface area (Å²) in [5.41, 5.74) is 0. The van der Waals surface area contributed by atoms with Crippen LogP contribution in [0, 0.1) is 0 Å². The summed E-state index contributed by atoms with van der Waals surface area (Å²) in [5.74, 6) is -12.1. The molecular weight excluding hydrogens is 520 g/mol. The van der Waals surface area contributed by atoms with Gasteiger partial charge in [-0.2, -0.15) is 0 Å². The van der Waals surface area contributed by atoms with E-state index in [4.69, 9.17) is 37.9 Å². The van der Waals surface area contributed by atoms with Crippen LogP contribution >= 0.6 is 0 Å². The zero-order valence-electron chi connectivity index (χ0n) is 21.5. The monoisotopic (exact) mass is 550 g/mol. The maximum atomic E-state index is 12.0. The van der Waals surface area contributed by atoms with E-state index in [0.717, 1.165) is 41.5 Å². The van der Waals surface area contributed by atoms with Crippen LogP contribution in [-0.4, -0.2) is 107 Å². The molecule has 2 saturated heterocycles. The van der Waals surface area contributed by atoms with Gasteiger partial charge in [0.25, 0.3) is 11.6 Å². The molecule has 0 aliphatic carbocycles. The molecule has 0 spiro atoms. The second kappa shape index (κ2) is 12.0. The van der Waals surface area contributed by atoms with Gasteiger partial charge in [0.15, 0.2) is 12.2 Å². The Labute approximate surface area is 216 Å². The van der Waals surface area contributed by atoms with Crippen molar-refractivity contribution in [2.75, 3.05) is 13.2 Å². The highest BCUT2D eigenvalue weighted by molar-refractivity contribution is 5.69. The Bertz CT molecular complexity index is 887. The van der Waals surface area contributed by atoms with Gasteiger partial charge in [-0.3, -0.25) is 28.8 Å². The van der Waals surface area contributed by atoms with E-state index in [2.05, 4.69) is 0 Å². The molecule has 8 atom stereocenters. The molecule has 0 amide bonds. The lowest BCUT2D eigenvalue weighted by atomic mass is 9.80. The lowest BCUT2D eigenvalue weighted by molar-refractivity contribution is -0.507. The molecule has 0 saturated carbocycles. The lowest BCUT2D eigenvalue weighted by Crippen LogP contribution is -2.84.